The Hall–Kier alpha value is -2.16. The van der Waals surface area contributed by atoms with E-state index in [0.717, 1.165) is 48.2 Å². The first kappa shape index (κ1) is 13.8. The van der Waals surface area contributed by atoms with E-state index in [1.165, 1.54) is 12.7 Å². The summed E-state index contributed by atoms with van der Waals surface area (Å²) in [5.74, 6) is -0.266. The van der Waals surface area contributed by atoms with E-state index < -0.39 is 0 Å². The Morgan fingerprint density at radius 1 is 1.10 bits per heavy atom. The van der Waals surface area contributed by atoms with Gasteiger partial charge in [0.15, 0.2) is 0 Å². The molecule has 3 heteroatoms. The third-order valence-corrected chi connectivity index (χ3v) is 4.13. The van der Waals surface area contributed by atoms with E-state index in [9.17, 15) is 4.79 Å². The van der Waals surface area contributed by atoms with Crippen molar-refractivity contribution in [3.05, 3.63) is 52.7 Å². The van der Waals surface area contributed by atoms with Crippen LogP contribution in [-0.2, 0) is 17.6 Å². The topological polar surface area (TPSA) is 39.2 Å². The van der Waals surface area contributed by atoms with Crippen molar-refractivity contribution < 1.29 is 9.53 Å². The summed E-state index contributed by atoms with van der Waals surface area (Å²) in [7, 11) is 1.43. The number of ether oxygens (including phenoxy) is 1. The Kier molecular flexibility index (Phi) is 3.74. The highest BCUT2D eigenvalue weighted by molar-refractivity contribution is 5.93. The lowest BCUT2D eigenvalue weighted by Crippen LogP contribution is -2.16. The maximum absolute atomic E-state index is 12.1. The number of methoxy groups -OCH3 is 1. The van der Waals surface area contributed by atoms with Crippen LogP contribution >= 0.6 is 0 Å². The number of carbonyl (C=O) groups is 1. The molecule has 0 bridgehead atoms. The molecule has 1 heterocycles. The van der Waals surface area contributed by atoms with Crippen molar-refractivity contribution in [2.24, 2.45) is 0 Å². The summed E-state index contributed by atoms with van der Waals surface area (Å²) in [4.78, 5) is 16.8. The summed E-state index contributed by atoms with van der Waals surface area (Å²) in [5.41, 5.74) is 5.94. The molecule has 0 aliphatic heterocycles. The Bertz CT molecular complexity index is 677. The molecular formula is C18H19NO2. The number of aromatic nitrogens is 1. The lowest BCUT2D eigenvalue weighted by Gasteiger charge is -2.23. The number of aryl methyl sites for hydroxylation is 1. The second kappa shape index (κ2) is 5.68. The number of benzene rings is 1. The molecule has 2 aromatic rings. The molecule has 0 atom stereocenters. The van der Waals surface area contributed by atoms with Crippen molar-refractivity contribution in [1.82, 2.24) is 4.98 Å². The molecule has 3 nitrogen and oxygen atoms in total. The number of hydrogen-bond acceptors (Lipinski definition) is 3. The SMILES string of the molecule is COC(=O)c1c(C)nc(-c2ccccc2)c2c1CCCC2. The van der Waals surface area contributed by atoms with Gasteiger partial charge in [-0.2, -0.15) is 0 Å². The summed E-state index contributed by atoms with van der Waals surface area (Å²) in [6, 6.07) is 10.2. The lowest BCUT2D eigenvalue weighted by molar-refractivity contribution is 0.0597. The van der Waals surface area contributed by atoms with E-state index in [1.807, 2.05) is 25.1 Å². The number of fused-ring (bicyclic) bond motifs is 1. The van der Waals surface area contributed by atoms with Gasteiger partial charge in [-0.1, -0.05) is 30.3 Å². The lowest BCUT2D eigenvalue weighted by atomic mass is 9.85. The molecule has 0 amide bonds. The molecule has 1 aromatic heterocycles. The van der Waals surface area contributed by atoms with Crippen molar-refractivity contribution in [2.75, 3.05) is 7.11 Å². The van der Waals surface area contributed by atoms with Crippen LogP contribution in [0, 0.1) is 6.92 Å². The summed E-state index contributed by atoms with van der Waals surface area (Å²) < 4.78 is 4.95. The maximum Gasteiger partial charge on any atom is 0.339 e. The van der Waals surface area contributed by atoms with Gasteiger partial charge in [-0.15, -0.1) is 0 Å². The standard InChI is InChI=1S/C18H19NO2/c1-12-16(18(20)21-2)14-10-6-7-11-15(14)17(19-12)13-8-4-3-5-9-13/h3-5,8-9H,6-7,10-11H2,1-2H3. The van der Waals surface area contributed by atoms with Crippen LogP contribution in [0.5, 0.6) is 0 Å². The molecule has 1 aromatic carbocycles. The summed E-state index contributed by atoms with van der Waals surface area (Å²) in [5, 5.41) is 0. The van der Waals surface area contributed by atoms with Gasteiger partial charge < -0.3 is 4.74 Å². The van der Waals surface area contributed by atoms with Crippen LogP contribution in [0.2, 0.25) is 0 Å². The van der Waals surface area contributed by atoms with E-state index in [1.54, 1.807) is 0 Å². The van der Waals surface area contributed by atoms with Crippen molar-refractivity contribution in [2.45, 2.75) is 32.6 Å². The number of hydrogen-bond donors (Lipinski definition) is 0. The van der Waals surface area contributed by atoms with Gasteiger partial charge in [0.25, 0.3) is 0 Å². The third kappa shape index (κ3) is 2.44. The van der Waals surface area contributed by atoms with Crippen LogP contribution in [0.25, 0.3) is 11.3 Å². The molecule has 0 saturated carbocycles. The largest absolute Gasteiger partial charge is 0.465 e. The molecule has 3 rings (SSSR count). The molecule has 0 N–H and O–H groups in total. The summed E-state index contributed by atoms with van der Waals surface area (Å²) in [6.07, 6.45) is 4.19. The Morgan fingerprint density at radius 3 is 2.43 bits per heavy atom. The van der Waals surface area contributed by atoms with Crippen LogP contribution in [0.1, 0.15) is 40.0 Å². The van der Waals surface area contributed by atoms with E-state index in [-0.39, 0.29) is 5.97 Å². The number of esters is 1. The first-order valence-electron chi connectivity index (χ1n) is 7.38. The normalized spacial score (nSPS) is 13.6. The van der Waals surface area contributed by atoms with Gasteiger partial charge in [-0.25, -0.2) is 4.79 Å². The van der Waals surface area contributed by atoms with Gasteiger partial charge in [-0.3, -0.25) is 4.98 Å². The van der Waals surface area contributed by atoms with Gasteiger partial charge in [0.1, 0.15) is 0 Å². The fraction of sp³-hybridized carbons (Fsp3) is 0.333. The molecule has 1 aliphatic carbocycles. The summed E-state index contributed by atoms with van der Waals surface area (Å²) in [6.45, 7) is 1.90. The minimum Gasteiger partial charge on any atom is -0.465 e. The minimum absolute atomic E-state index is 0.266. The van der Waals surface area contributed by atoms with Gasteiger partial charge in [0, 0.05) is 5.56 Å². The van der Waals surface area contributed by atoms with Crippen molar-refractivity contribution in [3.63, 3.8) is 0 Å². The minimum atomic E-state index is -0.266. The van der Waals surface area contributed by atoms with E-state index in [4.69, 9.17) is 9.72 Å². The molecular weight excluding hydrogens is 262 g/mol. The maximum atomic E-state index is 12.1. The molecule has 0 radical (unpaired) electrons. The molecule has 21 heavy (non-hydrogen) atoms. The van der Waals surface area contributed by atoms with Gasteiger partial charge in [-0.05, 0) is 43.7 Å². The molecule has 108 valence electrons. The van der Waals surface area contributed by atoms with E-state index >= 15 is 0 Å². The van der Waals surface area contributed by atoms with Crippen LogP contribution in [-0.4, -0.2) is 18.1 Å². The molecule has 0 saturated heterocycles. The molecule has 0 spiro atoms. The number of carbonyl (C=O) groups excluding carboxylic acids is 1. The average molecular weight is 281 g/mol. The van der Waals surface area contributed by atoms with Crippen LogP contribution < -0.4 is 0 Å². The molecule has 1 aliphatic rings. The number of pyridine rings is 1. The highest BCUT2D eigenvalue weighted by Gasteiger charge is 2.25. The Balaban J connectivity index is 2.24. The third-order valence-electron chi connectivity index (χ3n) is 4.13. The quantitative estimate of drug-likeness (QED) is 0.787. The van der Waals surface area contributed by atoms with Crippen LogP contribution in [0.4, 0.5) is 0 Å². The van der Waals surface area contributed by atoms with Crippen molar-refractivity contribution >= 4 is 5.97 Å². The van der Waals surface area contributed by atoms with Gasteiger partial charge in [0.05, 0.1) is 24.1 Å². The van der Waals surface area contributed by atoms with Gasteiger partial charge in [0.2, 0.25) is 0 Å². The number of nitrogens with zero attached hydrogens (tertiary/aromatic N) is 1. The zero-order valence-electron chi connectivity index (χ0n) is 12.5. The highest BCUT2D eigenvalue weighted by Crippen LogP contribution is 2.33. The number of rotatable bonds is 2. The fourth-order valence-electron chi connectivity index (χ4n) is 3.16. The molecule has 0 fully saturated rings. The predicted molar refractivity (Wildman–Crippen MR) is 82.4 cm³/mol. The Labute approximate surface area is 125 Å². The smallest absolute Gasteiger partial charge is 0.339 e. The highest BCUT2D eigenvalue weighted by atomic mass is 16.5. The zero-order chi connectivity index (χ0) is 14.8. The van der Waals surface area contributed by atoms with Crippen LogP contribution in [0.3, 0.4) is 0 Å². The first-order valence-corrected chi connectivity index (χ1v) is 7.38. The first-order chi connectivity index (χ1) is 10.2. The average Bonchev–Trinajstić information content (AvgIpc) is 2.54. The predicted octanol–water partition coefficient (Wildman–Crippen LogP) is 3.72. The van der Waals surface area contributed by atoms with Crippen molar-refractivity contribution in [3.8, 4) is 11.3 Å². The summed E-state index contributed by atoms with van der Waals surface area (Å²) >= 11 is 0. The zero-order valence-corrected chi connectivity index (χ0v) is 12.5. The second-order valence-corrected chi connectivity index (χ2v) is 5.44. The van der Waals surface area contributed by atoms with E-state index in [2.05, 4.69) is 12.1 Å². The monoisotopic (exact) mass is 281 g/mol. The van der Waals surface area contributed by atoms with Crippen molar-refractivity contribution in [1.29, 1.82) is 0 Å². The second-order valence-electron chi connectivity index (χ2n) is 5.44. The van der Waals surface area contributed by atoms with Crippen LogP contribution in [0.15, 0.2) is 30.3 Å². The molecule has 0 unspecified atom stereocenters. The fourth-order valence-corrected chi connectivity index (χ4v) is 3.16. The van der Waals surface area contributed by atoms with Gasteiger partial charge >= 0.3 is 5.97 Å². The van der Waals surface area contributed by atoms with E-state index in [0.29, 0.717) is 5.56 Å². The Morgan fingerprint density at radius 2 is 1.76 bits per heavy atom.